The fraction of sp³-hybridized carbons (Fsp3) is 0.111. The van der Waals surface area contributed by atoms with Crippen LogP contribution in [0, 0.1) is 10.1 Å². The van der Waals surface area contributed by atoms with E-state index in [-0.39, 0.29) is 5.69 Å². The molecular formula is C9H10N4O2S. The quantitative estimate of drug-likeness (QED) is 0.356. The van der Waals surface area contributed by atoms with E-state index in [1.165, 1.54) is 12.3 Å². The lowest BCUT2D eigenvalue weighted by atomic mass is 10.2. The molecule has 2 N–H and O–H groups in total. The van der Waals surface area contributed by atoms with E-state index in [1.54, 1.807) is 25.2 Å². The maximum Gasteiger partial charge on any atom is 0.278 e. The lowest BCUT2D eigenvalue weighted by Gasteiger charge is -1.99. The average molecular weight is 238 g/mol. The summed E-state index contributed by atoms with van der Waals surface area (Å²) in [6, 6.07) is 6.31. The van der Waals surface area contributed by atoms with E-state index in [4.69, 9.17) is 12.2 Å². The molecule has 7 heteroatoms. The molecule has 0 bridgehead atoms. The number of thiocarbonyl (C=S) groups is 1. The van der Waals surface area contributed by atoms with Gasteiger partial charge in [0.1, 0.15) is 0 Å². The van der Waals surface area contributed by atoms with Gasteiger partial charge in [-0.3, -0.25) is 15.5 Å². The molecule has 1 rings (SSSR count). The number of nitro benzene ring substituents is 1. The molecule has 0 aliphatic carbocycles. The molecule has 0 aliphatic heterocycles. The highest BCUT2D eigenvalue weighted by molar-refractivity contribution is 7.80. The van der Waals surface area contributed by atoms with Crippen molar-refractivity contribution in [1.82, 2.24) is 10.7 Å². The lowest BCUT2D eigenvalue weighted by Crippen LogP contribution is -2.28. The molecule has 0 atom stereocenters. The number of hydrogen-bond acceptors (Lipinski definition) is 4. The Labute approximate surface area is 97.5 Å². The summed E-state index contributed by atoms with van der Waals surface area (Å²) in [6.45, 7) is 0. The Bertz CT molecular complexity index is 433. The van der Waals surface area contributed by atoms with Crippen LogP contribution in [0.2, 0.25) is 0 Å². The SMILES string of the molecule is CNC(=S)N/N=C/c1ccccc1[N+](=O)[O-]. The minimum atomic E-state index is -0.461. The molecule has 16 heavy (non-hydrogen) atoms. The first-order chi connectivity index (χ1) is 7.65. The van der Waals surface area contributed by atoms with Gasteiger partial charge < -0.3 is 5.32 Å². The molecule has 0 aromatic heterocycles. The van der Waals surface area contributed by atoms with Gasteiger partial charge in [-0.1, -0.05) is 12.1 Å². The summed E-state index contributed by atoms with van der Waals surface area (Å²) in [4.78, 5) is 10.2. The van der Waals surface area contributed by atoms with Crippen LogP contribution in [0.3, 0.4) is 0 Å². The van der Waals surface area contributed by atoms with Crippen LogP contribution < -0.4 is 10.7 Å². The first kappa shape index (κ1) is 12.1. The van der Waals surface area contributed by atoms with Crippen LogP contribution in [0.25, 0.3) is 0 Å². The largest absolute Gasteiger partial charge is 0.364 e. The van der Waals surface area contributed by atoms with Crippen molar-refractivity contribution in [3.63, 3.8) is 0 Å². The molecule has 0 spiro atoms. The van der Waals surface area contributed by atoms with Crippen LogP contribution in [0.1, 0.15) is 5.56 Å². The fourth-order valence-electron chi connectivity index (χ4n) is 0.979. The summed E-state index contributed by atoms with van der Waals surface area (Å²) in [6.07, 6.45) is 1.35. The van der Waals surface area contributed by atoms with E-state index in [2.05, 4.69) is 15.8 Å². The number of rotatable bonds is 3. The van der Waals surface area contributed by atoms with Crippen molar-refractivity contribution in [1.29, 1.82) is 0 Å². The van der Waals surface area contributed by atoms with E-state index in [0.717, 1.165) is 0 Å². The molecule has 0 unspecified atom stereocenters. The molecule has 0 saturated carbocycles. The average Bonchev–Trinajstić information content (AvgIpc) is 2.29. The number of para-hydroxylation sites is 1. The maximum atomic E-state index is 10.7. The fourth-order valence-corrected chi connectivity index (χ4v) is 1.03. The third-order valence-electron chi connectivity index (χ3n) is 1.73. The van der Waals surface area contributed by atoms with E-state index >= 15 is 0 Å². The number of nitrogens with one attached hydrogen (secondary N) is 2. The Morgan fingerprint density at radius 3 is 2.88 bits per heavy atom. The van der Waals surface area contributed by atoms with E-state index in [1.807, 2.05) is 0 Å². The highest BCUT2D eigenvalue weighted by Crippen LogP contribution is 2.14. The molecule has 0 amide bonds. The third-order valence-corrected chi connectivity index (χ3v) is 2.03. The molecule has 0 radical (unpaired) electrons. The van der Waals surface area contributed by atoms with Crippen molar-refractivity contribution >= 4 is 29.2 Å². The molecule has 1 aromatic rings. The molecule has 0 saturated heterocycles. The zero-order valence-electron chi connectivity index (χ0n) is 8.51. The van der Waals surface area contributed by atoms with Gasteiger partial charge in [-0.15, -0.1) is 0 Å². The molecular weight excluding hydrogens is 228 g/mol. The van der Waals surface area contributed by atoms with Gasteiger partial charge in [-0.2, -0.15) is 5.10 Å². The van der Waals surface area contributed by atoms with Gasteiger partial charge in [0.05, 0.1) is 16.7 Å². The first-order valence-corrected chi connectivity index (χ1v) is 4.80. The molecule has 1 aromatic carbocycles. The Morgan fingerprint density at radius 1 is 1.56 bits per heavy atom. The number of benzene rings is 1. The van der Waals surface area contributed by atoms with E-state index in [0.29, 0.717) is 10.7 Å². The van der Waals surface area contributed by atoms with E-state index < -0.39 is 4.92 Å². The van der Waals surface area contributed by atoms with Gasteiger partial charge in [0, 0.05) is 13.1 Å². The van der Waals surface area contributed by atoms with Crippen LogP contribution in [-0.2, 0) is 0 Å². The molecule has 0 aliphatic rings. The van der Waals surface area contributed by atoms with Gasteiger partial charge >= 0.3 is 0 Å². The van der Waals surface area contributed by atoms with Crippen LogP contribution in [-0.4, -0.2) is 23.3 Å². The third kappa shape index (κ3) is 3.28. The zero-order valence-corrected chi connectivity index (χ0v) is 9.32. The minimum Gasteiger partial charge on any atom is -0.364 e. The summed E-state index contributed by atoms with van der Waals surface area (Å²) >= 11 is 4.79. The van der Waals surface area contributed by atoms with Gasteiger partial charge in [-0.25, -0.2) is 0 Å². The Hall–Kier alpha value is -2.02. The summed E-state index contributed by atoms with van der Waals surface area (Å²) in [5.74, 6) is 0. The second kappa shape index (κ2) is 5.76. The number of hydrazone groups is 1. The Balaban J connectivity index is 2.80. The normalized spacial score (nSPS) is 10.1. The van der Waals surface area contributed by atoms with E-state index in [9.17, 15) is 10.1 Å². The molecule has 84 valence electrons. The Kier molecular flexibility index (Phi) is 4.34. The molecule has 0 heterocycles. The maximum absolute atomic E-state index is 10.7. The highest BCUT2D eigenvalue weighted by Gasteiger charge is 2.09. The number of nitro groups is 1. The summed E-state index contributed by atoms with van der Waals surface area (Å²) in [7, 11) is 1.65. The second-order valence-corrected chi connectivity index (χ2v) is 3.17. The first-order valence-electron chi connectivity index (χ1n) is 4.39. The van der Waals surface area contributed by atoms with Gasteiger partial charge in [0.2, 0.25) is 0 Å². The summed E-state index contributed by atoms with van der Waals surface area (Å²) in [5, 5.41) is 17.4. The van der Waals surface area contributed by atoms with Crippen LogP contribution in [0.15, 0.2) is 29.4 Å². The standard InChI is InChI=1S/C9H10N4O2S/c1-10-9(16)12-11-6-7-4-2-3-5-8(7)13(14)15/h2-6H,1H3,(H2,10,12,16)/b11-6+. The topological polar surface area (TPSA) is 79.6 Å². The minimum absolute atomic E-state index is 0.00317. The van der Waals surface area contributed by atoms with Crippen molar-refractivity contribution in [2.45, 2.75) is 0 Å². The Morgan fingerprint density at radius 2 is 2.25 bits per heavy atom. The van der Waals surface area contributed by atoms with Crippen molar-refractivity contribution in [2.75, 3.05) is 7.05 Å². The highest BCUT2D eigenvalue weighted by atomic mass is 32.1. The van der Waals surface area contributed by atoms with Crippen LogP contribution >= 0.6 is 12.2 Å². The smallest absolute Gasteiger partial charge is 0.278 e. The van der Waals surface area contributed by atoms with Gasteiger partial charge in [0.25, 0.3) is 5.69 Å². The summed E-state index contributed by atoms with van der Waals surface area (Å²) in [5.41, 5.74) is 2.93. The van der Waals surface area contributed by atoms with Crippen molar-refractivity contribution in [2.24, 2.45) is 5.10 Å². The van der Waals surface area contributed by atoms with Crippen molar-refractivity contribution < 1.29 is 4.92 Å². The number of hydrogen-bond donors (Lipinski definition) is 2. The molecule has 0 fully saturated rings. The van der Waals surface area contributed by atoms with Gasteiger partial charge in [-0.05, 0) is 18.3 Å². The summed E-state index contributed by atoms with van der Waals surface area (Å²) < 4.78 is 0. The van der Waals surface area contributed by atoms with Crippen molar-refractivity contribution in [3.05, 3.63) is 39.9 Å². The second-order valence-electron chi connectivity index (χ2n) is 2.77. The zero-order chi connectivity index (χ0) is 12.0. The van der Waals surface area contributed by atoms with Crippen molar-refractivity contribution in [3.8, 4) is 0 Å². The van der Waals surface area contributed by atoms with Crippen LogP contribution in [0.4, 0.5) is 5.69 Å². The van der Waals surface area contributed by atoms with Gasteiger partial charge in [0.15, 0.2) is 5.11 Å². The molecule has 6 nitrogen and oxygen atoms in total. The number of nitrogens with zero attached hydrogens (tertiary/aromatic N) is 2. The predicted molar refractivity (Wildman–Crippen MR) is 65.5 cm³/mol. The monoisotopic (exact) mass is 238 g/mol. The lowest BCUT2D eigenvalue weighted by molar-refractivity contribution is -0.385. The van der Waals surface area contributed by atoms with Crippen LogP contribution in [0.5, 0.6) is 0 Å². The predicted octanol–water partition coefficient (Wildman–Crippen LogP) is 1.02.